The fourth-order valence-corrected chi connectivity index (χ4v) is 1.93. The summed E-state index contributed by atoms with van der Waals surface area (Å²) in [6.45, 7) is 1.59. The number of furan rings is 1. The van der Waals surface area contributed by atoms with Crippen LogP contribution >= 0.6 is 0 Å². The minimum Gasteiger partial charge on any atom is -0.504 e. The van der Waals surface area contributed by atoms with Gasteiger partial charge in [0.15, 0.2) is 11.3 Å². The van der Waals surface area contributed by atoms with Gasteiger partial charge in [0, 0.05) is 11.5 Å². The maximum absolute atomic E-state index is 11.7. The number of hydrogen-bond donors (Lipinski definition) is 3. The summed E-state index contributed by atoms with van der Waals surface area (Å²) in [5.74, 6) is -1.48. The van der Waals surface area contributed by atoms with Crippen molar-refractivity contribution in [2.45, 2.75) is 6.92 Å². The lowest BCUT2D eigenvalue weighted by atomic mass is 10.1. The van der Waals surface area contributed by atoms with Crippen molar-refractivity contribution in [1.29, 1.82) is 0 Å². The second-order valence-electron chi connectivity index (χ2n) is 3.96. The molecule has 0 aliphatic rings. The molecule has 1 aromatic carbocycles. The van der Waals surface area contributed by atoms with E-state index in [4.69, 9.17) is 8.83 Å². The highest BCUT2D eigenvalue weighted by Gasteiger charge is 2.20. The maximum atomic E-state index is 11.7. The van der Waals surface area contributed by atoms with Crippen molar-refractivity contribution >= 4 is 21.9 Å². The molecule has 3 N–H and O–H groups in total. The first-order valence-corrected chi connectivity index (χ1v) is 5.10. The van der Waals surface area contributed by atoms with Crippen LogP contribution in [0.25, 0.3) is 21.9 Å². The van der Waals surface area contributed by atoms with Crippen molar-refractivity contribution in [3.05, 3.63) is 28.3 Å². The third kappa shape index (κ3) is 1.20. The Morgan fingerprint density at radius 2 is 1.78 bits per heavy atom. The molecule has 3 aromatic rings. The van der Waals surface area contributed by atoms with Crippen LogP contribution in [0.3, 0.4) is 0 Å². The van der Waals surface area contributed by atoms with Crippen LogP contribution in [-0.2, 0) is 0 Å². The van der Waals surface area contributed by atoms with Gasteiger partial charge in [0.1, 0.15) is 16.7 Å². The van der Waals surface area contributed by atoms with E-state index in [0.29, 0.717) is 5.76 Å². The van der Waals surface area contributed by atoms with E-state index in [2.05, 4.69) is 0 Å². The lowest BCUT2D eigenvalue weighted by molar-refractivity contribution is 0.367. The Balaban J connectivity index is 2.65. The molecule has 3 rings (SSSR count). The quantitative estimate of drug-likeness (QED) is 0.525. The van der Waals surface area contributed by atoms with Gasteiger partial charge in [-0.2, -0.15) is 0 Å². The molecular formula is C12H8O6. The van der Waals surface area contributed by atoms with Gasteiger partial charge in [0.2, 0.25) is 11.5 Å². The van der Waals surface area contributed by atoms with E-state index in [1.54, 1.807) is 6.92 Å². The Labute approximate surface area is 99.3 Å². The van der Waals surface area contributed by atoms with Crippen molar-refractivity contribution in [1.82, 2.24) is 0 Å². The molecule has 2 heterocycles. The lowest BCUT2D eigenvalue weighted by Gasteiger charge is -1.99. The fraction of sp³-hybridized carbons (Fsp3) is 0.0833. The van der Waals surface area contributed by atoms with Gasteiger partial charge in [-0.05, 0) is 13.0 Å². The summed E-state index contributed by atoms with van der Waals surface area (Å²) in [6.07, 6.45) is 0. The van der Waals surface area contributed by atoms with Gasteiger partial charge in [0.05, 0.1) is 0 Å². The van der Waals surface area contributed by atoms with E-state index in [1.807, 2.05) is 0 Å². The fourth-order valence-electron chi connectivity index (χ4n) is 1.93. The molecule has 0 atom stereocenters. The van der Waals surface area contributed by atoms with E-state index in [1.165, 1.54) is 6.07 Å². The SMILES string of the molecule is Cc1cc2oc3c(O)c(O)c(O)cc3c2c(=O)o1. The van der Waals surface area contributed by atoms with Crippen molar-refractivity contribution in [2.75, 3.05) is 0 Å². The van der Waals surface area contributed by atoms with E-state index in [-0.39, 0.29) is 21.9 Å². The standard InChI is InChI=1S/C12H8O6/c1-4-2-7-8(12(16)17-4)5-3-6(13)9(14)10(15)11(5)18-7/h2-3,13-15H,1H3. The van der Waals surface area contributed by atoms with Crippen LogP contribution in [0.2, 0.25) is 0 Å². The molecule has 0 unspecified atom stereocenters. The summed E-state index contributed by atoms with van der Waals surface area (Å²) in [6, 6.07) is 2.63. The third-order valence-corrected chi connectivity index (χ3v) is 2.73. The molecule has 0 saturated heterocycles. The van der Waals surface area contributed by atoms with Crippen LogP contribution < -0.4 is 5.63 Å². The minimum atomic E-state index is -0.692. The first-order chi connectivity index (χ1) is 8.49. The molecule has 0 bridgehead atoms. The molecule has 0 aliphatic carbocycles. The number of aromatic hydroxyl groups is 3. The summed E-state index contributed by atoms with van der Waals surface area (Å²) < 4.78 is 10.2. The molecule has 0 radical (unpaired) electrons. The van der Waals surface area contributed by atoms with Crippen LogP contribution in [0.5, 0.6) is 17.2 Å². The Kier molecular flexibility index (Phi) is 1.87. The summed E-state index contributed by atoms with van der Waals surface area (Å²) in [7, 11) is 0. The van der Waals surface area contributed by atoms with Crippen LogP contribution in [0.15, 0.2) is 25.8 Å². The Bertz CT molecular complexity index is 839. The zero-order chi connectivity index (χ0) is 13.0. The summed E-state index contributed by atoms with van der Waals surface area (Å²) in [5, 5.41) is 28.8. The Morgan fingerprint density at radius 3 is 2.50 bits per heavy atom. The number of rotatable bonds is 0. The molecule has 6 heteroatoms. The van der Waals surface area contributed by atoms with Gasteiger partial charge in [-0.25, -0.2) is 4.79 Å². The Hall–Kier alpha value is -2.63. The number of phenols is 3. The average Bonchev–Trinajstić information content (AvgIpc) is 2.64. The van der Waals surface area contributed by atoms with Gasteiger partial charge in [-0.1, -0.05) is 0 Å². The van der Waals surface area contributed by atoms with Crippen molar-refractivity contribution in [3.63, 3.8) is 0 Å². The molecule has 92 valence electrons. The highest BCUT2D eigenvalue weighted by atomic mass is 16.4. The van der Waals surface area contributed by atoms with Gasteiger partial charge in [0.25, 0.3) is 0 Å². The predicted molar refractivity (Wildman–Crippen MR) is 62.0 cm³/mol. The first kappa shape index (κ1) is 10.5. The van der Waals surface area contributed by atoms with Crippen molar-refractivity contribution < 1.29 is 24.2 Å². The van der Waals surface area contributed by atoms with E-state index < -0.39 is 22.9 Å². The highest BCUT2D eigenvalue weighted by Crippen LogP contribution is 2.44. The smallest absolute Gasteiger partial charge is 0.347 e. The molecule has 0 fully saturated rings. The maximum Gasteiger partial charge on any atom is 0.347 e. The van der Waals surface area contributed by atoms with Gasteiger partial charge in [-0.15, -0.1) is 0 Å². The average molecular weight is 248 g/mol. The third-order valence-electron chi connectivity index (χ3n) is 2.73. The van der Waals surface area contributed by atoms with Gasteiger partial charge in [-0.3, -0.25) is 0 Å². The summed E-state index contributed by atoms with van der Waals surface area (Å²) in [5.41, 5.74) is -0.481. The van der Waals surface area contributed by atoms with Crippen LogP contribution in [0.4, 0.5) is 0 Å². The topological polar surface area (TPSA) is 104 Å². The second kappa shape index (κ2) is 3.19. The number of phenolic OH excluding ortho intramolecular Hbond substituents is 3. The second-order valence-corrected chi connectivity index (χ2v) is 3.96. The van der Waals surface area contributed by atoms with Crippen LogP contribution in [0.1, 0.15) is 5.76 Å². The molecule has 0 amide bonds. The molecule has 18 heavy (non-hydrogen) atoms. The monoisotopic (exact) mass is 248 g/mol. The minimum absolute atomic E-state index is 0.0711. The molecule has 0 saturated carbocycles. The molecule has 2 aromatic heterocycles. The number of fused-ring (bicyclic) bond motifs is 3. The normalized spacial score (nSPS) is 11.4. The highest BCUT2D eigenvalue weighted by molar-refractivity contribution is 6.07. The number of aryl methyl sites for hydroxylation is 1. The zero-order valence-corrected chi connectivity index (χ0v) is 9.22. The molecular weight excluding hydrogens is 240 g/mol. The van der Waals surface area contributed by atoms with E-state index in [9.17, 15) is 20.1 Å². The summed E-state index contributed by atoms with van der Waals surface area (Å²) in [4.78, 5) is 11.7. The predicted octanol–water partition coefficient (Wildman–Crippen LogP) is 1.96. The van der Waals surface area contributed by atoms with Crippen LogP contribution in [-0.4, -0.2) is 15.3 Å². The van der Waals surface area contributed by atoms with E-state index in [0.717, 1.165) is 6.07 Å². The largest absolute Gasteiger partial charge is 0.504 e. The van der Waals surface area contributed by atoms with Gasteiger partial charge >= 0.3 is 5.63 Å². The van der Waals surface area contributed by atoms with Crippen molar-refractivity contribution in [2.24, 2.45) is 0 Å². The van der Waals surface area contributed by atoms with Crippen LogP contribution in [0, 0.1) is 6.92 Å². The number of hydrogen-bond acceptors (Lipinski definition) is 6. The van der Waals surface area contributed by atoms with Gasteiger partial charge < -0.3 is 24.2 Å². The molecule has 0 aliphatic heterocycles. The molecule has 6 nitrogen and oxygen atoms in total. The van der Waals surface area contributed by atoms with E-state index >= 15 is 0 Å². The number of benzene rings is 1. The lowest BCUT2D eigenvalue weighted by Crippen LogP contribution is -1.98. The first-order valence-electron chi connectivity index (χ1n) is 5.10. The molecule has 0 spiro atoms. The van der Waals surface area contributed by atoms with Crippen molar-refractivity contribution in [3.8, 4) is 17.2 Å². The zero-order valence-electron chi connectivity index (χ0n) is 9.22. The summed E-state index contributed by atoms with van der Waals surface area (Å²) >= 11 is 0. The Morgan fingerprint density at radius 1 is 1.06 bits per heavy atom.